The normalized spacial score (nSPS) is 15.0. The number of ether oxygens (including phenoxy) is 2. The van der Waals surface area contributed by atoms with E-state index in [2.05, 4.69) is 5.32 Å². The first kappa shape index (κ1) is 16.6. The van der Waals surface area contributed by atoms with Crippen LogP contribution in [-0.4, -0.2) is 25.2 Å². The Hall–Kier alpha value is -1.46. The van der Waals surface area contributed by atoms with Crippen molar-refractivity contribution in [2.45, 2.75) is 26.8 Å². The number of benzene rings is 1. The van der Waals surface area contributed by atoms with Crippen LogP contribution < -0.4 is 20.5 Å². The summed E-state index contributed by atoms with van der Waals surface area (Å²) in [6.45, 7) is 6.86. The highest BCUT2D eigenvalue weighted by Gasteiger charge is 2.27. The van der Waals surface area contributed by atoms with Crippen molar-refractivity contribution in [3.8, 4) is 11.5 Å². The second-order valence-corrected chi connectivity index (χ2v) is 5.69. The molecule has 6 heteroatoms. The van der Waals surface area contributed by atoms with E-state index in [1.54, 1.807) is 18.2 Å². The lowest BCUT2D eigenvalue weighted by atomic mass is 9.87. The molecule has 2 rings (SSSR count). The second kappa shape index (κ2) is 6.33. The molecule has 1 aromatic rings. The van der Waals surface area contributed by atoms with Gasteiger partial charge in [0.15, 0.2) is 11.5 Å². The van der Waals surface area contributed by atoms with Crippen LogP contribution in [0.25, 0.3) is 0 Å². The summed E-state index contributed by atoms with van der Waals surface area (Å²) >= 11 is 0. The minimum atomic E-state index is -0.569. The maximum atomic E-state index is 12.0. The number of fused-ring (bicyclic) bond motifs is 1. The van der Waals surface area contributed by atoms with Crippen LogP contribution in [0.3, 0.4) is 0 Å². The number of carbonyl (C=O) groups is 1. The highest BCUT2D eigenvalue weighted by atomic mass is 35.5. The molecule has 1 aliphatic rings. The molecule has 1 aromatic carbocycles. The van der Waals surface area contributed by atoms with Crippen molar-refractivity contribution >= 4 is 24.0 Å². The van der Waals surface area contributed by atoms with Gasteiger partial charge in [0, 0.05) is 11.8 Å². The lowest BCUT2D eigenvalue weighted by Gasteiger charge is -2.26. The van der Waals surface area contributed by atoms with E-state index < -0.39 is 6.04 Å². The van der Waals surface area contributed by atoms with E-state index in [0.717, 1.165) is 0 Å². The van der Waals surface area contributed by atoms with Gasteiger partial charge in [-0.25, -0.2) is 0 Å². The average molecular weight is 301 g/mol. The SMILES string of the molecule is CC(C)(C)[C@H](N)C(=O)Nc1ccc2c(c1)OCCO2.Cl. The van der Waals surface area contributed by atoms with Gasteiger partial charge in [0.2, 0.25) is 5.91 Å². The van der Waals surface area contributed by atoms with Crippen LogP contribution in [-0.2, 0) is 4.79 Å². The maximum absolute atomic E-state index is 12.0. The van der Waals surface area contributed by atoms with Crippen molar-refractivity contribution in [2.75, 3.05) is 18.5 Å². The zero-order valence-electron chi connectivity index (χ0n) is 11.9. The number of nitrogens with two attached hydrogens (primary N) is 1. The van der Waals surface area contributed by atoms with E-state index in [4.69, 9.17) is 15.2 Å². The molecule has 5 nitrogen and oxygen atoms in total. The van der Waals surface area contributed by atoms with Crippen molar-refractivity contribution in [3.63, 3.8) is 0 Å². The molecule has 0 spiro atoms. The maximum Gasteiger partial charge on any atom is 0.241 e. The van der Waals surface area contributed by atoms with E-state index in [1.807, 2.05) is 20.8 Å². The number of amides is 1. The van der Waals surface area contributed by atoms with Gasteiger partial charge in [-0.05, 0) is 17.5 Å². The third kappa shape index (κ3) is 3.77. The molecule has 0 unspecified atom stereocenters. The Kier molecular flexibility index (Phi) is 5.25. The number of hydrogen-bond donors (Lipinski definition) is 2. The Morgan fingerprint density at radius 3 is 2.45 bits per heavy atom. The molecule has 0 radical (unpaired) electrons. The number of halogens is 1. The standard InChI is InChI=1S/C14H20N2O3.ClH/c1-14(2,3)12(15)13(17)16-9-4-5-10-11(8-9)19-7-6-18-10;/h4-5,8,12H,6-7,15H2,1-3H3,(H,16,17);1H/t12-;/m1./s1. The lowest BCUT2D eigenvalue weighted by Crippen LogP contribution is -2.45. The number of anilines is 1. The number of rotatable bonds is 2. The molecule has 112 valence electrons. The molecule has 0 aromatic heterocycles. The third-order valence-electron chi connectivity index (χ3n) is 3.03. The molecule has 1 heterocycles. The summed E-state index contributed by atoms with van der Waals surface area (Å²) in [7, 11) is 0. The van der Waals surface area contributed by atoms with E-state index >= 15 is 0 Å². The Bertz CT molecular complexity index is 486. The second-order valence-electron chi connectivity index (χ2n) is 5.69. The van der Waals surface area contributed by atoms with Crippen LogP contribution >= 0.6 is 12.4 Å². The third-order valence-corrected chi connectivity index (χ3v) is 3.03. The predicted octanol–water partition coefficient (Wildman–Crippen LogP) is 2.19. The molecule has 20 heavy (non-hydrogen) atoms. The predicted molar refractivity (Wildman–Crippen MR) is 80.7 cm³/mol. The number of carbonyl (C=O) groups excluding carboxylic acids is 1. The van der Waals surface area contributed by atoms with Crippen LogP contribution in [0.5, 0.6) is 11.5 Å². The van der Waals surface area contributed by atoms with Gasteiger partial charge < -0.3 is 20.5 Å². The Morgan fingerprint density at radius 1 is 1.25 bits per heavy atom. The summed E-state index contributed by atoms with van der Waals surface area (Å²) in [5.74, 6) is 1.14. The largest absolute Gasteiger partial charge is 0.486 e. The zero-order valence-corrected chi connectivity index (χ0v) is 12.8. The topological polar surface area (TPSA) is 73.6 Å². The summed E-state index contributed by atoms with van der Waals surface area (Å²) < 4.78 is 10.9. The van der Waals surface area contributed by atoms with Gasteiger partial charge >= 0.3 is 0 Å². The van der Waals surface area contributed by atoms with E-state index in [0.29, 0.717) is 30.4 Å². The quantitative estimate of drug-likeness (QED) is 0.878. The Balaban J connectivity index is 0.00000200. The fourth-order valence-electron chi connectivity index (χ4n) is 1.73. The van der Waals surface area contributed by atoms with E-state index in [9.17, 15) is 4.79 Å². The van der Waals surface area contributed by atoms with Crippen molar-refractivity contribution in [1.29, 1.82) is 0 Å². The van der Waals surface area contributed by atoms with Crippen LogP contribution in [0.15, 0.2) is 18.2 Å². The monoisotopic (exact) mass is 300 g/mol. The van der Waals surface area contributed by atoms with Gasteiger partial charge in [-0.15, -0.1) is 12.4 Å². The smallest absolute Gasteiger partial charge is 0.241 e. The molecular weight excluding hydrogens is 280 g/mol. The molecule has 0 saturated carbocycles. The first-order chi connectivity index (χ1) is 8.88. The minimum Gasteiger partial charge on any atom is -0.486 e. The summed E-state index contributed by atoms with van der Waals surface area (Å²) in [6, 6.07) is 4.75. The van der Waals surface area contributed by atoms with Gasteiger partial charge in [-0.3, -0.25) is 4.79 Å². The summed E-state index contributed by atoms with van der Waals surface area (Å²) in [5, 5.41) is 2.80. The first-order valence-electron chi connectivity index (χ1n) is 6.34. The van der Waals surface area contributed by atoms with Crippen molar-refractivity contribution < 1.29 is 14.3 Å². The molecule has 1 aliphatic heterocycles. The zero-order chi connectivity index (χ0) is 14.0. The van der Waals surface area contributed by atoms with E-state index in [-0.39, 0.29) is 23.7 Å². The average Bonchev–Trinajstić information content (AvgIpc) is 2.36. The summed E-state index contributed by atoms with van der Waals surface area (Å²) in [4.78, 5) is 12.0. The van der Waals surface area contributed by atoms with Crippen LogP contribution in [0, 0.1) is 5.41 Å². The molecule has 1 amide bonds. The minimum absolute atomic E-state index is 0. The van der Waals surface area contributed by atoms with Gasteiger partial charge in [-0.2, -0.15) is 0 Å². The summed E-state index contributed by atoms with van der Waals surface area (Å²) in [6.07, 6.45) is 0. The fraction of sp³-hybridized carbons (Fsp3) is 0.500. The summed E-state index contributed by atoms with van der Waals surface area (Å²) in [5.41, 5.74) is 6.29. The molecule has 3 N–H and O–H groups in total. The fourth-order valence-corrected chi connectivity index (χ4v) is 1.73. The van der Waals surface area contributed by atoms with Crippen LogP contribution in [0.1, 0.15) is 20.8 Å². The molecular formula is C14H21ClN2O3. The van der Waals surface area contributed by atoms with Gasteiger partial charge in [0.25, 0.3) is 0 Å². The van der Waals surface area contributed by atoms with E-state index in [1.165, 1.54) is 0 Å². The van der Waals surface area contributed by atoms with Crippen LogP contribution in [0.4, 0.5) is 5.69 Å². The number of nitrogens with one attached hydrogen (secondary N) is 1. The van der Waals surface area contributed by atoms with Gasteiger partial charge in [0.05, 0.1) is 6.04 Å². The molecule has 1 atom stereocenters. The molecule has 0 bridgehead atoms. The van der Waals surface area contributed by atoms with Crippen molar-refractivity contribution in [3.05, 3.63) is 18.2 Å². The molecule has 0 fully saturated rings. The first-order valence-corrected chi connectivity index (χ1v) is 6.34. The van der Waals surface area contributed by atoms with Crippen molar-refractivity contribution in [1.82, 2.24) is 0 Å². The highest BCUT2D eigenvalue weighted by molar-refractivity contribution is 5.95. The lowest BCUT2D eigenvalue weighted by molar-refractivity contribution is -0.119. The molecule has 0 aliphatic carbocycles. The van der Waals surface area contributed by atoms with Crippen molar-refractivity contribution in [2.24, 2.45) is 11.1 Å². The highest BCUT2D eigenvalue weighted by Crippen LogP contribution is 2.32. The molecule has 0 saturated heterocycles. The van der Waals surface area contributed by atoms with Crippen LogP contribution in [0.2, 0.25) is 0 Å². The Morgan fingerprint density at radius 2 is 1.85 bits per heavy atom. The van der Waals surface area contributed by atoms with Gasteiger partial charge in [-0.1, -0.05) is 20.8 Å². The Labute approximate surface area is 125 Å². The number of hydrogen-bond acceptors (Lipinski definition) is 4. The van der Waals surface area contributed by atoms with Gasteiger partial charge in [0.1, 0.15) is 13.2 Å².